The second kappa shape index (κ2) is 8.08. The first kappa shape index (κ1) is 18.7. The first-order valence-corrected chi connectivity index (χ1v) is 8.97. The number of aliphatic hydroxyl groups is 1. The third kappa shape index (κ3) is 4.18. The van der Waals surface area contributed by atoms with Crippen LogP contribution in [0.3, 0.4) is 0 Å². The van der Waals surface area contributed by atoms with Gasteiger partial charge in [-0.3, -0.25) is 4.79 Å². The Hall–Kier alpha value is -2.08. The second-order valence-corrected chi connectivity index (χ2v) is 7.13. The molecule has 0 saturated carbocycles. The molecule has 0 bridgehead atoms. The number of aliphatic hydroxyl groups excluding tert-OH is 1. The van der Waals surface area contributed by atoms with Crippen molar-refractivity contribution in [3.8, 4) is 16.9 Å². The Morgan fingerprint density at radius 3 is 2.50 bits per heavy atom. The molecule has 0 aliphatic carbocycles. The van der Waals surface area contributed by atoms with Crippen molar-refractivity contribution in [3.05, 3.63) is 53.1 Å². The summed E-state index contributed by atoms with van der Waals surface area (Å²) < 4.78 is 5.34. The number of amides is 1. The number of nitrogens with one attached hydrogen (secondary N) is 1. The van der Waals surface area contributed by atoms with Crippen molar-refractivity contribution in [2.75, 3.05) is 26.4 Å². The number of phenolic OH excluding ortho intramolecular Hbond substituents is 1. The minimum absolute atomic E-state index is 0.0314. The Labute approximate surface area is 157 Å². The van der Waals surface area contributed by atoms with Crippen molar-refractivity contribution in [1.29, 1.82) is 0 Å². The molecule has 2 aromatic carbocycles. The smallest absolute Gasteiger partial charge is 0.251 e. The average molecular weight is 376 g/mol. The van der Waals surface area contributed by atoms with E-state index in [0.717, 1.165) is 18.4 Å². The number of rotatable bonds is 5. The van der Waals surface area contributed by atoms with Gasteiger partial charge in [0.25, 0.3) is 5.91 Å². The molecule has 6 heteroatoms. The van der Waals surface area contributed by atoms with Crippen molar-refractivity contribution in [2.45, 2.75) is 12.8 Å². The first-order valence-electron chi connectivity index (χ1n) is 8.59. The van der Waals surface area contributed by atoms with Gasteiger partial charge in [-0.2, -0.15) is 0 Å². The van der Waals surface area contributed by atoms with Gasteiger partial charge in [0.05, 0.1) is 6.61 Å². The van der Waals surface area contributed by atoms with Crippen LogP contribution in [0, 0.1) is 5.41 Å². The summed E-state index contributed by atoms with van der Waals surface area (Å²) in [6.45, 7) is 1.66. The molecule has 3 rings (SSSR count). The van der Waals surface area contributed by atoms with E-state index in [2.05, 4.69) is 5.32 Å². The van der Waals surface area contributed by atoms with Crippen LogP contribution in [-0.2, 0) is 4.74 Å². The highest BCUT2D eigenvalue weighted by molar-refractivity contribution is 6.31. The largest absolute Gasteiger partial charge is 0.507 e. The van der Waals surface area contributed by atoms with Gasteiger partial charge in [-0.15, -0.1) is 0 Å². The fourth-order valence-electron chi connectivity index (χ4n) is 3.11. The maximum absolute atomic E-state index is 12.4. The molecule has 2 aromatic rings. The van der Waals surface area contributed by atoms with Crippen LogP contribution in [-0.4, -0.2) is 42.5 Å². The Kier molecular flexibility index (Phi) is 5.81. The predicted molar refractivity (Wildman–Crippen MR) is 100 cm³/mol. The van der Waals surface area contributed by atoms with Crippen LogP contribution in [0.4, 0.5) is 0 Å². The van der Waals surface area contributed by atoms with E-state index in [-0.39, 0.29) is 23.7 Å². The third-order valence-corrected chi connectivity index (χ3v) is 5.16. The highest BCUT2D eigenvalue weighted by Gasteiger charge is 2.32. The van der Waals surface area contributed by atoms with E-state index in [4.69, 9.17) is 16.3 Å². The molecule has 1 saturated heterocycles. The summed E-state index contributed by atoms with van der Waals surface area (Å²) in [4.78, 5) is 12.4. The summed E-state index contributed by atoms with van der Waals surface area (Å²) >= 11 is 5.99. The Morgan fingerprint density at radius 2 is 1.85 bits per heavy atom. The summed E-state index contributed by atoms with van der Waals surface area (Å²) in [7, 11) is 0. The molecule has 0 radical (unpaired) electrons. The number of benzene rings is 2. The summed E-state index contributed by atoms with van der Waals surface area (Å²) in [5.41, 5.74) is 1.61. The van der Waals surface area contributed by atoms with Gasteiger partial charge >= 0.3 is 0 Å². The Balaban J connectivity index is 1.68. The minimum Gasteiger partial charge on any atom is -0.507 e. The van der Waals surface area contributed by atoms with Crippen LogP contribution in [0.15, 0.2) is 42.5 Å². The van der Waals surface area contributed by atoms with E-state index in [1.54, 1.807) is 42.5 Å². The minimum atomic E-state index is -0.305. The lowest BCUT2D eigenvalue weighted by molar-refractivity contribution is -0.0146. The van der Waals surface area contributed by atoms with Crippen LogP contribution in [0.2, 0.25) is 5.02 Å². The van der Waals surface area contributed by atoms with Gasteiger partial charge < -0.3 is 20.3 Å². The Morgan fingerprint density at radius 1 is 1.15 bits per heavy atom. The lowest BCUT2D eigenvalue weighted by Crippen LogP contribution is -2.43. The number of aromatic hydroxyl groups is 1. The van der Waals surface area contributed by atoms with E-state index >= 15 is 0 Å². The number of hydrogen-bond donors (Lipinski definition) is 3. The van der Waals surface area contributed by atoms with E-state index in [1.807, 2.05) is 0 Å². The quantitative estimate of drug-likeness (QED) is 0.749. The van der Waals surface area contributed by atoms with Crippen LogP contribution < -0.4 is 5.32 Å². The summed E-state index contributed by atoms with van der Waals surface area (Å²) in [5, 5.41) is 23.1. The second-order valence-electron chi connectivity index (χ2n) is 6.69. The van der Waals surface area contributed by atoms with Gasteiger partial charge in [0.2, 0.25) is 0 Å². The van der Waals surface area contributed by atoms with Gasteiger partial charge in [0, 0.05) is 41.3 Å². The molecule has 1 aliphatic heterocycles. The number of halogens is 1. The van der Waals surface area contributed by atoms with E-state index < -0.39 is 0 Å². The molecular formula is C20H22ClNO4. The summed E-state index contributed by atoms with van der Waals surface area (Å²) in [5.74, 6) is -0.0535. The van der Waals surface area contributed by atoms with Gasteiger partial charge in [-0.05, 0) is 48.7 Å². The predicted octanol–water partition coefficient (Wildman–Crippen LogP) is 3.23. The van der Waals surface area contributed by atoms with E-state index in [9.17, 15) is 15.0 Å². The fourth-order valence-corrected chi connectivity index (χ4v) is 3.28. The summed E-state index contributed by atoms with van der Waals surface area (Å²) in [6.07, 6.45) is 1.47. The molecule has 0 atom stereocenters. The molecule has 1 aliphatic rings. The maximum Gasteiger partial charge on any atom is 0.251 e. The highest BCUT2D eigenvalue weighted by Crippen LogP contribution is 2.32. The van der Waals surface area contributed by atoms with Crippen LogP contribution >= 0.6 is 11.6 Å². The van der Waals surface area contributed by atoms with Gasteiger partial charge in [-0.25, -0.2) is 0 Å². The number of hydrogen-bond acceptors (Lipinski definition) is 4. The van der Waals surface area contributed by atoms with E-state index in [0.29, 0.717) is 35.9 Å². The lowest BCUT2D eigenvalue weighted by atomic mass is 9.81. The summed E-state index contributed by atoms with van der Waals surface area (Å²) in [6, 6.07) is 11.8. The van der Waals surface area contributed by atoms with Crippen molar-refractivity contribution in [3.63, 3.8) is 0 Å². The monoisotopic (exact) mass is 375 g/mol. The van der Waals surface area contributed by atoms with Crippen molar-refractivity contribution in [2.24, 2.45) is 5.41 Å². The van der Waals surface area contributed by atoms with Crippen LogP contribution in [0.1, 0.15) is 23.2 Å². The number of ether oxygens (including phenoxy) is 1. The molecule has 0 unspecified atom stereocenters. The van der Waals surface area contributed by atoms with Gasteiger partial charge in [0.1, 0.15) is 5.75 Å². The zero-order valence-corrected chi connectivity index (χ0v) is 15.1. The topological polar surface area (TPSA) is 78.8 Å². The van der Waals surface area contributed by atoms with E-state index in [1.165, 1.54) is 0 Å². The molecule has 26 heavy (non-hydrogen) atoms. The molecule has 5 nitrogen and oxygen atoms in total. The number of carbonyl (C=O) groups is 1. The maximum atomic E-state index is 12.4. The van der Waals surface area contributed by atoms with Gasteiger partial charge in [0.15, 0.2) is 0 Å². The standard InChI is InChI=1S/C20H22ClNO4/c21-16-5-6-18(24)17(11-16)14-1-3-15(4-2-14)19(25)22-12-20(13-23)7-9-26-10-8-20/h1-6,11,23-24H,7-10,12-13H2,(H,22,25). The zero-order valence-electron chi connectivity index (χ0n) is 14.4. The van der Waals surface area contributed by atoms with Crippen LogP contribution in [0.5, 0.6) is 5.75 Å². The molecule has 0 aromatic heterocycles. The fraction of sp³-hybridized carbons (Fsp3) is 0.350. The molecule has 1 fully saturated rings. The van der Waals surface area contributed by atoms with Crippen molar-refractivity contribution < 1.29 is 19.7 Å². The Bertz CT molecular complexity index is 770. The molecule has 1 amide bonds. The first-order chi connectivity index (χ1) is 12.5. The molecule has 3 N–H and O–H groups in total. The molecular weight excluding hydrogens is 354 g/mol. The highest BCUT2D eigenvalue weighted by atomic mass is 35.5. The van der Waals surface area contributed by atoms with Crippen molar-refractivity contribution >= 4 is 17.5 Å². The molecule has 138 valence electrons. The molecule has 1 heterocycles. The molecule has 0 spiro atoms. The van der Waals surface area contributed by atoms with Gasteiger partial charge in [-0.1, -0.05) is 23.7 Å². The normalized spacial score (nSPS) is 16.2. The number of phenols is 1. The van der Waals surface area contributed by atoms with Crippen molar-refractivity contribution in [1.82, 2.24) is 5.32 Å². The SMILES string of the molecule is O=C(NCC1(CO)CCOCC1)c1ccc(-c2cc(Cl)ccc2O)cc1. The number of carbonyl (C=O) groups excluding carboxylic acids is 1. The third-order valence-electron chi connectivity index (χ3n) is 4.93. The van der Waals surface area contributed by atoms with Crippen LogP contribution in [0.25, 0.3) is 11.1 Å². The zero-order chi connectivity index (χ0) is 18.6. The lowest BCUT2D eigenvalue weighted by Gasteiger charge is -2.35. The average Bonchev–Trinajstić information content (AvgIpc) is 2.69.